The van der Waals surface area contributed by atoms with Gasteiger partial charge in [-0.3, -0.25) is 10.1 Å². The number of terminal acetylenes is 1. The molecule has 0 saturated carbocycles. The predicted octanol–water partition coefficient (Wildman–Crippen LogP) is 2.03. The predicted molar refractivity (Wildman–Crippen MR) is 80.9 cm³/mol. The quantitative estimate of drug-likeness (QED) is 0.852. The molecule has 0 aromatic heterocycles. The van der Waals surface area contributed by atoms with Gasteiger partial charge in [-0.1, -0.05) is 57.0 Å². The number of nitrogens with zero attached hydrogens (tertiary/aromatic N) is 1. The summed E-state index contributed by atoms with van der Waals surface area (Å²) in [5.41, 5.74) is 1.12. The van der Waals surface area contributed by atoms with E-state index in [1.165, 1.54) is 0 Å². The molecule has 1 amide bonds. The third-order valence-corrected chi connectivity index (χ3v) is 3.62. The summed E-state index contributed by atoms with van der Waals surface area (Å²) in [4.78, 5) is 14.3. The van der Waals surface area contributed by atoms with Crippen LogP contribution in [0.25, 0.3) is 0 Å². The van der Waals surface area contributed by atoms with Crippen molar-refractivity contribution in [1.82, 2.24) is 10.2 Å². The Bertz CT molecular complexity index is 510. The maximum atomic E-state index is 12.5. The van der Waals surface area contributed by atoms with Crippen molar-refractivity contribution >= 4 is 5.91 Å². The fraction of sp³-hybridized carbons (Fsp3) is 0.471. The van der Waals surface area contributed by atoms with E-state index in [0.29, 0.717) is 13.0 Å². The summed E-state index contributed by atoms with van der Waals surface area (Å²) < 4.78 is 0. The van der Waals surface area contributed by atoms with Gasteiger partial charge in [0.1, 0.15) is 0 Å². The molecule has 1 aliphatic heterocycles. The molecule has 1 N–H and O–H groups in total. The number of rotatable bonds is 3. The molecule has 0 radical (unpaired) electrons. The van der Waals surface area contributed by atoms with Gasteiger partial charge in [0.15, 0.2) is 0 Å². The van der Waals surface area contributed by atoms with E-state index in [-0.39, 0.29) is 23.5 Å². The van der Waals surface area contributed by atoms with Gasteiger partial charge < -0.3 is 4.90 Å². The number of hydrogen-bond donors (Lipinski definition) is 1. The number of carbonyl (C=O) groups excluding carboxylic acids is 1. The van der Waals surface area contributed by atoms with Gasteiger partial charge in [0, 0.05) is 0 Å². The first-order chi connectivity index (χ1) is 9.43. The number of amides is 1. The van der Waals surface area contributed by atoms with Crippen LogP contribution in [0.1, 0.15) is 26.3 Å². The molecule has 0 unspecified atom stereocenters. The Kier molecular flexibility index (Phi) is 4.15. The van der Waals surface area contributed by atoms with Crippen molar-refractivity contribution in [2.24, 2.45) is 5.41 Å². The molecular weight excluding hydrogens is 248 g/mol. The van der Waals surface area contributed by atoms with Gasteiger partial charge in [0.2, 0.25) is 5.91 Å². The minimum absolute atomic E-state index is 0.0141. The first-order valence-electron chi connectivity index (χ1n) is 6.97. The molecule has 2 rings (SSSR count). The maximum absolute atomic E-state index is 12.5. The summed E-state index contributed by atoms with van der Waals surface area (Å²) in [6, 6.07) is 9.88. The van der Waals surface area contributed by atoms with Crippen LogP contribution in [0.2, 0.25) is 0 Å². The van der Waals surface area contributed by atoms with Gasteiger partial charge in [0.25, 0.3) is 0 Å². The lowest BCUT2D eigenvalue weighted by Gasteiger charge is -2.33. The Morgan fingerprint density at radius 2 is 1.95 bits per heavy atom. The summed E-state index contributed by atoms with van der Waals surface area (Å²) in [5, 5.41) is 3.44. The largest absolute Gasteiger partial charge is 0.314 e. The zero-order valence-corrected chi connectivity index (χ0v) is 12.4. The highest BCUT2D eigenvalue weighted by Gasteiger charge is 2.43. The van der Waals surface area contributed by atoms with Crippen molar-refractivity contribution < 1.29 is 4.79 Å². The van der Waals surface area contributed by atoms with Crippen molar-refractivity contribution in [2.45, 2.75) is 39.4 Å². The lowest BCUT2D eigenvalue weighted by Crippen LogP contribution is -2.47. The molecule has 1 aromatic rings. The minimum atomic E-state index is -0.185. The molecule has 1 aliphatic rings. The third-order valence-electron chi connectivity index (χ3n) is 3.62. The second-order valence-corrected chi connectivity index (χ2v) is 6.35. The summed E-state index contributed by atoms with van der Waals surface area (Å²) in [5.74, 6) is 2.70. The molecule has 2 atom stereocenters. The van der Waals surface area contributed by atoms with Crippen LogP contribution < -0.4 is 5.32 Å². The second-order valence-electron chi connectivity index (χ2n) is 6.35. The molecule has 106 valence electrons. The van der Waals surface area contributed by atoms with Gasteiger partial charge >= 0.3 is 0 Å². The average Bonchev–Trinajstić information content (AvgIpc) is 2.69. The lowest BCUT2D eigenvalue weighted by atomic mass is 9.92. The van der Waals surface area contributed by atoms with Gasteiger partial charge in [-0.15, -0.1) is 6.42 Å². The summed E-state index contributed by atoms with van der Waals surface area (Å²) in [6.45, 7) is 6.71. The fourth-order valence-corrected chi connectivity index (χ4v) is 2.66. The van der Waals surface area contributed by atoms with Crippen LogP contribution in [0.3, 0.4) is 0 Å². The maximum Gasteiger partial charge on any atom is 0.242 e. The van der Waals surface area contributed by atoms with Crippen molar-refractivity contribution in [3.63, 3.8) is 0 Å². The molecule has 0 aliphatic carbocycles. The Balaban J connectivity index is 2.17. The molecule has 3 nitrogen and oxygen atoms in total. The van der Waals surface area contributed by atoms with E-state index in [2.05, 4.69) is 32.0 Å². The molecule has 3 heteroatoms. The van der Waals surface area contributed by atoms with Crippen LogP contribution in [0, 0.1) is 17.8 Å². The lowest BCUT2D eigenvalue weighted by molar-refractivity contribution is -0.130. The van der Waals surface area contributed by atoms with Crippen molar-refractivity contribution in [2.75, 3.05) is 6.54 Å². The Morgan fingerprint density at radius 1 is 1.30 bits per heavy atom. The van der Waals surface area contributed by atoms with E-state index >= 15 is 0 Å². The van der Waals surface area contributed by atoms with E-state index in [4.69, 9.17) is 6.42 Å². The molecule has 1 aromatic carbocycles. The highest BCUT2D eigenvalue weighted by atomic mass is 16.2. The van der Waals surface area contributed by atoms with Crippen LogP contribution in [0.15, 0.2) is 30.3 Å². The normalized spacial score (nSPS) is 22.9. The third kappa shape index (κ3) is 3.02. The molecule has 1 saturated heterocycles. The van der Waals surface area contributed by atoms with Crippen LogP contribution >= 0.6 is 0 Å². The fourth-order valence-electron chi connectivity index (χ4n) is 2.66. The Hall–Kier alpha value is -1.79. The standard InChI is InChI=1S/C17H22N2O/c1-5-11-19-15(20)14(18-16(19)17(2,3)4)12-13-9-7-6-8-10-13/h1,6-10,14,16,18H,11-12H2,2-4H3/t14-,16-/m0/s1. The highest BCUT2D eigenvalue weighted by Crippen LogP contribution is 2.28. The zero-order valence-electron chi connectivity index (χ0n) is 12.4. The Labute approximate surface area is 121 Å². The number of benzene rings is 1. The first-order valence-corrected chi connectivity index (χ1v) is 6.97. The smallest absolute Gasteiger partial charge is 0.242 e. The van der Waals surface area contributed by atoms with Crippen molar-refractivity contribution in [3.8, 4) is 12.3 Å². The van der Waals surface area contributed by atoms with E-state index in [9.17, 15) is 4.79 Å². The molecule has 20 heavy (non-hydrogen) atoms. The zero-order chi connectivity index (χ0) is 14.8. The van der Waals surface area contributed by atoms with Gasteiger partial charge in [-0.2, -0.15) is 0 Å². The summed E-state index contributed by atoms with van der Waals surface area (Å²) in [6.07, 6.45) is 6.09. The summed E-state index contributed by atoms with van der Waals surface area (Å²) >= 11 is 0. The summed E-state index contributed by atoms with van der Waals surface area (Å²) in [7, 11) is 0. The van der Waals surface area contributed by atoms with Crippen molar-refractivity contribution in [3.05, 3.63) is 35.9 Å². The number of nitrogens with one attached hydrogen (secondary N) is 1. The SMILES string of the molecule is C#CCN1C(=O)[C@H](Cc2ccccc2)N[C@@H]1C(C)(C)C. The van der Waals surface area contributed by atoms with E-state index < -0.39 is 0 Å². The number of carbonyl (C=O) groups is 1. The van der Waals surface area contributed by atoms with Crippen LogP contribution in [-0.4, -0.2) is 29.6 Å². The minimum Gasteiger partial charge on any atom is -0.314 e. The Morgan fingerprint density at radius 3 is 2.50 bits per heavy atom. The van der Waals surface area contributed by atoms with Gasteiger partial charge in [0.05, 0.1) is 18.8 Å². The van der Waals surface area contributed by atoms with E-state index in [0.717, 1.165) is 5.56 Å². The van der Waals surface area contributed by atoms with Crippen molar-refractivity contribution in [1.29, 1.82) is 0 Å². The second kappa shape index (κ2) is 5.68. The average molecular weight is 270 g/mol. The topological polar surface area (TPSA) is 32.3 Å². The van der Waals surface area contributed by atoms with Crippen LogP contribution in [0.5, 0.6) is 0 Å². The first kappa shape index (κ1) is 14.6. The van der Waals surface area contributed by atoms with Gasteiger partial charge in [-0.25, -0.2) is 0 Å². The van der Waals surface area contributed by atoms with Crippen LogP contribution in [0.4, 0.5) is 0 Å². The van der Waals surface area contributed by atoms with Crippen LogP contribution in [-0.2, 0) is 11.2 Å². The number of hydrogen-bond acceptors (Lipinski definition) is 2. The molecule has 1 fully saturated rings. The molecular formula is C17H22N2O. The van der Waals surface area contributed by atoms with E-state index in [1.54, 1.807) is 4.90 Å². The van der Waals surface area contributed by atoms with E-state index in [1.807, 2.05) is 30.3 Å². The van der Waals surface area contributed by atoms with Gasteiger partial charge in [-0.05, 0) is 17.4 Å². The molecule has 0 bridgehead atoms. The monoisotopic (exact) mass is 270 g/mol. The highest BCUT2D eigenvalue weighted by molar-refractivity contribution is 5.85. The molecule has 0 spiro atoms. The molecule has 1 heterocycles.